The maximum Gasteiger partial charge on any atom is 0.513 e. The van der Waals surface area contributed by atoms with Gasteiger partial charge in [0.15, 0.2) is 0 Å². The Labute approximate surface area is 297 Å². The largest absolute Gasteiger partial charge is 0.513 e. The third-order valence-electron chi connectivity index (χ3n) is 10.6. The van der Waals surface area contributed by atoms with Crippen LogP contribution in [0.25, 0.3) is 0 Å². The van der Waals surface area contributed by atoms with Crippen molar-refractivity contribution in [1.29, 1.82) is 0 Å². The van der Waals surface area contributed by atoms with Gasteiger partial charge >= 0.3 is 6.16 Å². The van der Waals surface area contributed by atoms with E-state index in [1.165, 1.54) is 51.9 Å². The van der Waals surface area contributed by atoms with Crippen molar-refractivity contribution < 1.29 is 34.0 Å². The number of hydrogen-bond donors (Lipinski definition) is 2. The summed E-state index contributed by atoms with van der Waals surface area (Å²) in [4.78, 5) is 12.8. The molecule has 2 aromatic carbocycles. The average Bonchev–Trinajstić information content (AvgIpc) is 3.05. The van der Waals surface area contributed by atoms with Gasteiger partial charge in [-0.15, -0.1) is 0 Å². The zero-order valence-electron chi connectivity index (χ0n) is 32.0. The van der Waals surface area contributed by atoms with Gasteiger partial charge in [0.2, 0.25) is 0 Å². The van der Waals surface area contributed by atoms with Crippen LogP contribution in [0.1, 0.15) is 134 Å². The predicted molar refractivity (Wildman–Crippen MR) is 197 cm³/mol. The number of benzene rings is 2. The first-order chi connectivity index (χ1) is 23.1. The van der Waals surface area contributed by atoms with Crippen LogP contribution in [-0.4, -0.2) is 46.9 Å². The van der Waals surface area contributed by atoms with E-state index in [0.717, 1.165) is 77.0 Å². The van der Waals surface area contributed by atoms with Crippen LogP contribution in [0.2, 0.25) is 0 Å². The van der Waals surface area contributed by atoms with Gasteiger partial charge in [-0.25, -0.2) is 4.79 Å². The summed E-state index contributed by atoms with van der Waals surface area (Å²) in [6.45, 7) is 18.7. The number of fused-ring (bicyclic) bond motifs is 1. The van der Waals surface area contributed by atoms with Gasteiger partial charge < -0.3 is 29.2 Å². The Morgan fingerprint density at radius 2 is 1.53 bits per heavy atom. The van der Waals surface area contributed by atoms with Crippen LogP contribution >= 0.6 is 0 Å². The molecule has 5 atom stereocenters. The molecule has 2 aromatic rings. The Kier molecular flexibility index (Phi) is 15.9. The van der Waals surface area contributed by atoms with E-state index in [4.69, 9.17) is 18.9 Å². The summed E-state index contributed by atoms with van der Waals surface area (Å²) in [5, 5.41) is 21.3. The van der Waals surface area contributed by atoms with Gasteiger partial charge in [-0.2, -0.15) is 0 Å². The van der Waals surface area contributed by atoms with Crippen molar-refractivity contribution in [3.63, 3.8) is 0 Å². The minimum absolute atomic E-state index is 0.113. The monoisotopic (exact) mass is 682 g/mol. The minimum atomic E-state index is -1.72. The van der Waals surface area contributed by atoms with Gasteiger partial charge in [0.1, 0.15) is 35.4 Å². The Morgan fingerprint density at radius 1 is 0.918 bits per heavy atom. The Bertz CT molecular complexity index is 1300. The highest BCUT2D eigenvalue weighted by molar-refractivity contribution is 5.68. The minimum Gasteiger partial charge on any atom is -0.487 e. The number of aliphatic hydroxyl groups excluding tert-OH is 1. The average molecular weight is 683 g/mol. The smallest absolute Gasteiger partial charge is 0.487 e. The molecule has 0 aromatic heterocycles. The fourth-order valence-electron chi connectivity index (χ4n) is 6.87. The highest BCUT2D eigenvalue weighted by Gasteiger charge is 2.36. The van der Waals surface area contributed by atoms with Gasteiger partial charge in [0.05, 0.1) is 13.2 Å². The van der Waals surface area contributed by atoms with E-state index in [0.29, 0.717) is 12.4 Å². The van der Waals surface area contributed by atoms with Crippen molar-refractivity contribution in [2.45, 2.75) is 157 Å². The van der Waals surface area contributed by atoms with Crippen molar-refractivity contribution in [3.8, 4) is 11.5 Å². The summed E-state index contributed by atoms with van der Waals surface area (Å²) in [5.74, 6) is 3.74. The molecule has 0 fully saturated rings. The zero-order chi connectivity index (χ0) is 36.2. The van der Waals surface area contributed by atoms with Crippen LogP contribution in [0.4, 0.5) is 4.79 Å². The Morgan fingerprint density at radius 3 is 2.16 bits per heavy atom. The van der Waals surface area contributed by atoms with Crippen molar-refractivity contribution in [2.24, 2.45) is 17.8 Å². The zero-order valence-corrected chi connectivity index (χ0v) is 32.0. The fourth-order valence-corrected chi connectivity index (χ4v) is 6.87. The molecule has 1 aliphatic rings. The molecule has 0 radical (unpaired) electrons. The van der Waals surface area contributed by atoms with Gasteiger partial charge in [-0.1, -0.05) is 103 Å². The summed E-state index contributed by atoms with van der Waals surface area (Å²) in [6, 6.07) is 9.56. The lowest BCUT2D eigenvalue weighted by molar-refractivity contribution is -0.124. The molecule has 0 amide bonds. The Balaban J connectivity index is 1.47. The second kappa shape index (κ2) is 19.1. The Hall–Kier alpha value is -2.61. The molecule has 7 nitrogen and oxygen atoms in total. The maximum atomic E-state index is 12.8. The van der Waals surface area contributed by atoms with Crippen LogP contribution in [0.5, 0.6) is 11.5 Å². The second-order valence-electron chi connectivity index (χ2n) is 15.9. The first-order valence-electron chi connectivity index (χ1n) is 18.8. The summed E-state index contributed by atoms with van der Waals surface area (Å²) < 4.78 is 23.3. The number of carbonyl (C=O) groups is 1. The molecular weight excluding hydrogens is 616 g/mol. The standard InChI is InChI=1S/C42H66O7/c1-29(2)16-13-17-30(3)18-14-19-31(4)20-15-24-41(8)25-23-36-34(7)38(32(5)33(6)39(36)49-41)48-40(44)47-28-42(9,45)37(43)27-46-26-35-21-11-10-12-22-35/h10-12,21-22,29-31,37,43,45H,13-20,23-28H2,1-9H3. The molecule has 49 heavy (non-hydrogen) atoms. The van der Waals surface area contributed by atoms with Gasteiger partial charge in [-0.3, -0.25) is 0 Å². The van der Waals surface area contributed by atoms with Crippen LogP contribution in [-0.2, 0) is 22.5 Å². The highest BCUT2D eigenvalue weighted by atomic mass is 16.7. The van der Waals surface area contributed by atoms with E-state index >= 15 is 0 Å². The summed E-state index contributed by atoms with van der Waals surface area (Å²) in [5.41, 5.74) is 2.74. The second-order valence-corrected chi connectivity index (χ2v) is 15.9. The molecule has 0 saturated heterocycles. The van der Waals surface area contributed by atoms with Crippen molar-refractivity contribution in [1.82, 2.24) is 0 Å². The third-order valence-corrected chi connectivity index (χ3v) is 10.6. The molecule has 3 rings (SSSR count). The molecule has 5 unspecified atom stereocenters. The highest BCUT2D eigenvalue weighted by Crippen LogP contribution is 2.45. The molecule has 276 valence electrons. The number of hydrogen-bond acceptors (Lipinski definition) is 7. The van der Waals surface area contributed by atoms with E-state index in [-0.39, 0.29) is 12.2 Å². The summed E-state index contributed by atoms with van der Waals surface area (Å²) in [7, 11) is 0. The molecular formula is C42H66O7. The molecule has 0 bridgehead atoms. The molecule has 1 aliphatic heterocycles. The first kappa shape index (κ1) is 40.8. The normalized spacial score (nSPS) is 19.0. The quantitative estimate of drug-likeness (QED) is 0.106. The molecule has 0 saturated carbocycles. The van der Waals surface area contributed by atoms with E-state index in [1.54, 1.807) is 0 Å². The third kappa shape index (κ3) is 12.9. The lowest BCUT2D eigenvalue weighted by atomic mass is 9.83. The molecule has 7 heteroatoms. The van der Waals surface area contributed by atoms with Crippen molar-refractivity contribution in [3.05, 3.63) is 58.1 Å². The topological polar surface area (TPSA) is 94.5 Å². The molecule has 1 heterocycles. The van der Waals surface area contributed by atoms with Gasteiger partial charge in [-0.05, 0) is 100 Å². The van der Waals surface area contributed by atoms with E-state index < -0.39 is 24.5 Å². The predicted octanol–water partition coefficient (Wildman–Crippen LogP) is 9.98. The van der Waals surface area contributed by atoms with E-state index in [9.17, 15) is 15.0 Å². The maximum absolute atomic E-state index is 12.8. The fraction of sp³-hybridized carbons (Fsp3) is 0.690. The summed E-state index contributed by atoms with van der Waals surface area (Å²) in [6.07, 6.45) is 11.0. The van der Waals surface area contributed by atoms with Crippen molar-refractivity contribution in [2.75, 3.05) is 13.2 Å². The number of carbonyl (C=O) groups excluding carboxylic acids is 1. The lowest BCUT2D eigenvalue weighted by Gasteiger charge is -2.38. The SMILES string of the molecule is Cc1c(C)c2c(c(C)c1OC(=O)OCC(C)(O)C(O)COCc1ccccc1)CCC(C)(CCCC(C)CCCC(C)CCCC(C)C)O2. The van der Waals surface area contributed by atoms with Crippen LogP contribution < -0.4 is 9.47 Å². The van der Waals surface area contributed by atoms with Crippen LogP contribution in [0, 0.1) is 38.5 Å². The number of ether oxygens (including phenoxy) is 4. The first-order valence-corrected chi connectivity index (χ1v) is 18.8. The lowest BCUT2D eigenvalue weighted by Crippen LogP contribution is -2.46. The molecule has 0 aliphatic carbocycles. The number of rotatable bonds is 20. The van der Waals surface area contributed by atoms with E-state index in [1.807, 2.05) is 51.1 Å². The van der Waals surface area contributed by atoms with Crippen LogP contribution in [0.15, 0.2) is 30.3 Å². The number of aliphatic hydroxyl groups is 2. The molecule has 2 N–H and O–H groups in total. The molecule has 0 spiro atoms. The van der Waals surface area contributed by atoms with Gasteiger partial charge in [0.25, 0.3) is 0 Å². The summed E-state index contributed by atoms with van der Waals surface area (Å²) >= 11 is 0. The van der Waals surface area contributed by atoms with Crippen molar-refractivity contribution >= 4 is 6.16 Å². The van der Waals surface area contributed by atoms with Gasteiger partial charge in [0, 0.05) is 5.56 Å². The van der Waals surface area contributed by atoms with E-state index in [2.05, 4.69) is 34.6 Å². The van der Waals surface area contributed by atoms with Crippen LogP contribution in [0.3, 0.4) is 0 Å².